The van der Waals surface area contributed by atoms with Gasteiger partial charge in [-0.05, 0) is 38.5 Å². The third-order valence-corrected chi connectivity index (χ3v) is 3.82. The zero-order valence-corrected chi connectivity index (χ0v) is 13.5. The summed E-state index contributed by atoms with van der Waals surface area (Å²) < 4.78 is 6.03. The van der Waals surface area contributed by atoms with E-state index < -0.39 is 0 Å². The van der Waals surface area contributed by atoms with E-state index in [0.29, 0.717) is 12.0 Å². The van der Waals surface area contributed by atoms with E-state index in [9.17, 15) is 9.59 Å². The first kappa shape index (κ1) is 15.8. The summed E-state index contributed by atoms with van der Waals surface area (Å²) in [6, 6.07) is 3.40. The second-order valence-corrected chi connectivity index (χ2v) is 6.35. The fraction of sp³-hybridized carbons (Fsp3) is 0.500. The highest BCUT2D eigenvalue weighted by atomic mass is 35.5. The van der Waals surface area contributed by atoms with Crippen LogP contribution in [0.15, 0.2) is 12.1 Å². The van der Waals surface area contributed by atoms with Gasteiger partial charge in [0.1, 0.15) is 11.4 Å². The topological polar surface area (TPSA) is 55.4 Å². The lowest BCUT2D eigenvalue weighted by Gasteiger charge is -2.38. The van der Waals surface area contributed by atoms with E-state index >= 15 is 0 Å². The van der Waals surface area contributed by atoms with Gasteiger partial charge in [0, 0.05) is 24.5 Å². The Hall–Kier alpha value is -1.55. The number of carbonyl (C=O) groups is 2. The molecule has 0 saturated heterocycles. The molecule has 2 rings (SSSR count). The first-order chi connectivity index (χ1) is 9.73. The third-order valence-electron chi connectivity index (χ3n) is 3.57. The van der Waals surface area contributed by atoms with Gasteiger partial charge in [-0.1, -0.05) is 0 Å². The Balaban J connectivity index is 2.53. The summed E-state index contributed by atoms with van der Waals surface area (Å²) in [5.74, 6) is 0.454. The van der Waals surface area contributed by atoms with Crippen LogP contribution in [0, 0.1) is 6.92 Å². The van der Waals surface area contributed by atoms with Gasteiger partial charge in [0.15, 0.2) is 5.78 Å². The molecule has 1 aromatic rings. The molecule has 4 nitrogen and oxygen atoms in total. The maximum absolute atomic E-state index is 11.8. The number of ketones is 1. The van der Waals surface area contributed by atoms with Crippen molar-refractivity contribution in [2.24, 2.45) is 0 Å². The van der Waals surface area contributed by atoms with Gasteiger partial charge >= 0.3 is 0 Å². The number of hydrogen-bond acceptors (Lipinski definition) is 3. The Morgan fingerprint density at radius 3 is 2.67 bits per heavy atom. The van der Waals surface area contributed by atoms with Gasteiger partial charge in [0.05, 0.1) is 11.9 Å². The van der Waals surface area contributed by atoms with E-state index in [1.54, 1.807) is 12.1 Å². The van der Waals surface area contributed by atoms with Crippen molar-refractivity contribution in [2.45, 2.75) is 45.8 Å². The molecule has 0 aromatic heterocycles. The predicted octanol–water partition coefficient (Wildman–Crippen LogP) is 3.15. The summed E-state index contributed by atoms with van der Waals surface area (Å²) in [7, 11) is 0. The molecule has 0 bridgehead atoms. The second kappa shape index (κ2) is 5.68. The van der Waals surface area contributed by atoms with Crippen LogP contribution in [0.25, 0.3) is 0 Å². The molecule has 0 fully saturated rings. The van der Waals surface area contributed by atoms with Crippen LogP contribution < -0.4 is 10.1 Å². The quantitative estimate of drug-likeness (QED) is 0.689. The Morgan fingerprint density at radius 1 is 1.43 bits per heavy atom. The molecule has 1 heterocycles. The van der Waals surface area contributed by atoms with Crippen LogP contribution in [-0.2, 0) is 4.79 Å². The molecule has 1 unspecified atom stereocenters. The van der Waals surface area contributed by atoms with E-state index in [4.69, 9.17) is 16.3 Å². The fourth-order valence-electron chi connectivity index (χ4n) is 2.73. The molecule has 0 saturated carbocycles. The maximum Gasteiger partial charge on any atom is 0.217 e. The van der Waals surface area contributed by atoms with Crippen molar-refractivity contribution < 1.29 is 14.3 Å². The lowest BCUT2D eigenvalue weighted by atomic mass is 9.87. The maximum atomic E-state index is 11.8. The Labute approximate surface area is 129 Å². The third kappa shape index (κ3) is 3.38. The van der Waals surface area contributed by atoms with Gasteiger partial charge in [0.2, 0.25) is 5.91 Å². The minimum absolute atomic E-state index is 0.0601. The Morgan fingerprint density at radius 2 is 2.10 bits per heavy atom. The number of amides is 1. The van der Waals surface area contributed by atoms with Crippen LogP contribution in [0.5, 0.6) is 5.75 Å². The van der Waals surface area contributed by atoms with Crippen molar-refractivity contribution >= 4 is 23.3 Å². The minimum atomic E-state index is -0.372. The molecule has 1 aromatic carbocycles. The van der Waals surface area contributed by atoms with Crippen LogP contribution >= 0.6 is 11.6 Å². The van der Waals surface area contributed by atoms with Gasteiger partial charge in [-0.3, -0.25) is 9.59 Å². The average Bonchev–Trinajstić information content (AvgIpc) is 2.37. The molecule has 1 aliphatic heterocycles. The van der Waals surface area contributed by atoms with E-state index in [2.05, 4.69) is 5.32 Å². The van der Waals surface area contributed by atoms with Gasteiger partial charge in [-0.15, -0.1) is 11.6 Å². The molecule has 1 aliphatic rings. The number of nitrogens with one attached hydrogen (secondary N) is 1. The molecule has 1 N–H and O–H groups in total. The van der Waals surface area contributed by atoms with Crippen molar-refractivity contribution in [3.8, 4) is 5.75 Å². The van der Waals surface area contributed by atoms with E-state index in [-0.39, 0.29) is 29.2 Å². The normalized spacial score (nSPS) is 19.4. The number of hydrogen-bond donors (Lipinski definition) is 1. The van der Waals surface area contributed by atoms with Gasteiger partial charge in [0.25, 0.3) is 0 Å². The lowest BCUT2D eigenvalue weighted by Crippen LogP contribution is -2.41. The average molecular weight is 310 g/mol. The van der Waals surface area contributed by atoms with Crippen LogP contribution in [-0.4, -0.2) is 23.2 Å². The summed E-state index contributed by atoms with van der Waals surface area (Å²) in [6.07, 6.45) is 0.650. The number of benzene rings is 1. The molecular formula is C16H20ClNO3. The number of fused-ring (bicyclic) bond motifs is 1. The number of halogens is 1. The highest BCUT2D eigenvalue weighted by Gasteiger charge is 2.35. The summed E-state index contributed by atoms with van der Waals surface area (Å²) in [5.41, 5.74) is 1.91. The van der Waals surface area contributed by atoms with E-state index in [1.807, 2.05) is 20.8 Å². The van der Waals surface area contributed by atoms with Crippen LogP contribution in [0.1, 0.15) is 54.7 Å². The summed E-state index contributed by atoms with van der Waals surface area (Å²) in [4.78, 5) is 23.3. The monoisotopic (exact) mass is 309 g/mol. The highest BCUT2D eigenvalue weighted by Crippen LogP contribution is 2.42. The fourth-order valence-corrected chi connectivity index (χ4v) is 2.89. The first-order valence-corrected chi connectivity index (χ1v) is 7.47. The highest BCUT2D eigenvalue weighted by molar-refractivity contribution is 6.30. The van der Waals surface area contributed by atoms with Gasteiger partial charge < -0.3 is 10.1 Å². The van der Waals surface area contributed by atoms with Gasteiger partial charge in [-0.25, -0.2) is 0 Å². The molecule has 5 heteroatoms. The standard InChI is InChI=1S/C16H20ClNO3/c1-9-5-11(14(20)8-17)6-12-13(18-10(2)19)7-16(3,4)21-15(9)12/h5-6,13H,7-8H2,1-4H3,(H,18,19). The smallest absolute Gasteiger partial charge is 0.217 e. The van der Waals surface area contributed by atoms with Gasteiger partial charge in [-0.2, -0.15) is 0 Å². The molecule has 0 aliphatic carbocycles. The SMILES string of the molecule is CC(=O)NC1CC(C)(C)Oc2c(C)cc(C(=O)CCl)cc21. The summed E-state index contributed by atoms with van der Waals surface area (Å²) in [5, 5.41) is 2.94. The van der Waals surface area contributed by atoms with Crippen LogP contribution in [0.4, 0.5) is 0 Å². The molecule has 21 heavy (non-hydrogen) atoms. The zero-order chi connectivity index (χ0) is 15.8. The van der Waals surface area contributed by atoms with Crippen LogP contribution in [0.2, 0.25) is 0 Å². The predicted molar refractivity (Wildman–Crippen MR) is 82.1 cm³/mol. The molecule has 0 radical (unpaired) electrons. The first-order valence-electron chi connectivity index (χ1n) is 6.93. The van der Waals surface area contributed by atoms with Crippen molar-refractivity contribution in [3.05, 3.63) is 28.8 Å². The van der Waals surface area contributed by atoms with Crippen molar-refractivity contribution in [3.63, 3.8) is 0 Å². The molecular weight excluding hydrogens is 290 g/mol. The van der Waals surface area contributed by atoms with Crippen molar-refractivity contribution in [1.82, 2.24) is 5.32 Å². The number of ether oxygens (including phenoxy) is 1. The zero-order valence-electron chi connectivity index (χ0n) is 12.7. The second-order valence-electron chi connectivity index (χ2n) is 6.09. The molecule has 1 amide bonds. The van der Waals surface area contributed by atoms with E-state index in [1.165, 1.54) is 6.92 Å². The van der Waals surface area contributed by atoms with Crippen molar-refractivity contribution in [1.29, 1.82) is 0 Å². The number of alkyl halides is 1. The minimum Gasteiger partial charge on any atom is -0.487 e. The number of rotatable bonds is 3. The molecule has 1 atom stereocenters. The Bertz CT molecular complexity index is 595. The summed E-state index contributed by atoms with van der Waals surface area (Å²) >= 11 is 5.64. The molecule has 114 valence electrons. The van der Waals surface area contributed by atoms with Crippen molar-refractivity contribution in [2.75, 3.05) is 5.88 Å². The number of Topliss-reactive ketones (excluding diaryl/α,β-unsaturated/α-hetero) is 1. The largest absolute Gasteiger partial charge is 0.487 e. The number of carbonyl (C=O) groups excluding carboxylic acids is 2. The van der Waals surface area contributed by atoms with Crippen LogP contribution in [0.3, 0.4) is 0 Å². The Kier molecular flexibility index (Phi) is 4.28. The summed E-state index contributed by atoms with van der Waals surface area (Å²) in [6.45, 7) is 7.36. The molecule has 0 spiro atoms. The van der Waals surface area contributed by atoms with E-state index in [0.717, 1.165) is 16.9 Å². The number of aryl methyl sites for hydroxylation is 1. The lowest BCUT2D eigenvalue weighted by molar-refractivity contribution is -0.120.